The second-order valence-electron chi connectivity index (χ2n) is 3.06. The Morgan fingerprint density at radius 1 is 1.31 bits per heavy atom. The monoisotopic (exact) mass is 242 g/mol. The van der Waals surface area contributed by atoms with Gasteiger partial charge in [-0.1, -0.05) is 0 Å². The molecule has 1 aromatic carbocycles. The Kier molecular flexibility index (Phi) is 5.31. The molecule has 0 radical (unpaired) electrons. The van der Waals surface area contributed by atoms with Crippen molar-refractivity contribution in [3.05, 3.63) is 29.8 Å². The van der Waals surface area contributed by atoms with Crippen LogP contribution in [0.15, 0.2) is 29.2 Å². The quantitative estimate of drug-likeness (QED) is 0.575. The summed E-state index contributed by atoms with van der Waals surface area (Å²) >= 11 is -1.08. The van der Waals surface area contributed by atoms with Gasteiger partial charge in [0.15, 0.2) is 4.90 Å². The van der Waals surface area contributed by atoms with E-state index in [-0.39, 0.29) is 0 Å². The van der Waals surface area contributed by atoms with E-state index < -0.39 is 17.1 Å². The number of esters is 1. The smallest absolute Gasteiger partial charge is 0.337 e. The maximum absolute atomic E-state index is 11.7. The molecule has 0 aliphatic heterocycles. The number of carbonyl (C=O) groups is 1. The van der Waals surface area contributed by atoms with E-state index in [2.05, 4.69) is 4.74 Å². The lowest BCUT2D eigenvalue weighted by atomic mass is 10.2. The Labute approximate surface area is 97.7 Å². The number of rotatable bonds is 5. The van der Waals surface area contributed by atoms with E-state index in [1.807, 2.05) is 0 Å². The molecule has 4 nitrogen and oxygen atoms in total. The molecule has 0 amide bonds. The van der Waals surface area contributed by atoms with E-state index in [9.17, 15) is 9.35 Å². The van der Waals surface area contributed by atoms with Crippen molar-refractivity contribution in [2.75, 3.05) is 26.6 Å². The van der Waals surface area contributed by atoms with Crippen LogP contribution in [0.5, 0.6) is 0 Å². The van der Waals surface area contributed by atoms with Crippen LogP contribution in [0.25, 0.3) is 0 Å². The van der Waals surface area contributed by atoms with E-state index in [1.54, 1.807) is 31.4 Å². The molecular weight excluding hydrogens is 228 g/mol. The third-order valence-corrected chi connectivity index (χ3v) is 3.35. The normalized spacial score (nSPS) is 12.2. The van der Waals surface area contributed by atoms with Crippen molar-refractivity contribution < 1.29 is 18.8 Å². The minimum Gasteiger partial charge on any atom is -0.611 e. The highest BCUT2D eigenvalue weighted by atomic mass is 32.2. The van der Waals surface area contributed by atoms with Gasteiger partial charge < -0.3 is 14.0 Å². The first kappa shape index (κ1) is 13.0. The molecule has 88 valence electrons. The Hall–Kier alpha value is -1.04. The molecule has 1 rings (SSSR count). The van der Waals surface area contributed by atoms with Crippen molar-refractivity contribution in [2.45, 2.75) is 4.90 Å². The predicted molar refractivity (Wildman–Crippen MR) is 60.9 cm³/mol. The number of benzene rings is 1. The van der Waals surface area contributed by atoms with E-state index >= 15 is 0 Å². The van der Waals surface area contributed by atoms with Gasteiger partial charge in [-0.15, -0.1) is 0 Å². The summed E-state index contributed by atoms with van der Waals surface area (Å²) in [6.45, 7) is 0.450. The summed E-state index contributed by atoms with van der Waals surface area (Å²) in [6.07, 6.45) is 0. The molecule has 1 aromatic rings. The fraction of sp³-hybridized carbons (Fsp3) is 0.364. The predicted octanol–water partition coefficient (Wildman–Crippen LogP) is 1.23. The van der Waals surface area contributed by atoms with Crippen molar-refractivity contribution in [2.24, 2.45) is 0 Å². The molecule has 0 bridgehead atoms. The number of ether oxygens (including phenoxy) is 2. The largest absolute Gasteiger partial charge is 0.611 e. The standard InChI is InChI=1S/C11H14O4S/c1-14-7-8-16(13)10-5-3-9(4-6-10)11(12)15-2/h3-6H,7-8H2,1-2H3. The summed E-state index contributed by atoms with van der Waals surface area (Å²) in [6, 6.07) is 6.54. The van der Waals surface area contributed by atoms with Crippen LogP contribution in [0.2, 0.25) is 0 Å². The molecule has 5 heteroatoms. The Bertz CT molecular complexity index is 336. The summed E-state index contributed by atoms with van der Waals surface area (Å²) in [5, 5.41) is 0. The van der Waals surface area contributed by atoms with Crippen LogP contribution in [0, 0.1) is 0 Å². The second-order valence-corrected chi connectivity index (χ2v) is 4.63. The lowest BCUT2D eigenvalue weighted by Crippen LogP contribution is -2.11. The van der Waals surface area contributed by atoms with Gasteiger partial charge >= 0.3 is 5.97 Å². The van der Waals surface area contributed by atoms with Crippen LogP contribution in [0.4, 0.5) is 0 Å². The highest BCUT2D eigenvalue weighted by Gasteiger charge is 2.12. The average Bonchev–Trinajstić information content (AvgIpc) is 2.35. The average molecular weight is 242 g/mol. The van der Waals surface area contributed by atoms with E-state index in [4.69, 9.17) is 4.74 Å². The van der Waals surface area contributed by atoms with Gasteiger partial charge in [0.1, 0.15) is 5.75 Å². The van der Waals surface area contributed by atoms with Crippen molar-refractivity contribution >= 4 is 17.1 Å². The van der Waals surface area contributed by atoms with Crippen molar-refractivity contribution in [3.63, 3.8) is 0 Å². The van der Waals surface area contributed by atoms with Crippen molar-refractivity contribution in [1.82, 2.24) is 0 Å². The minimum atomic E-state index is -1.08. The molecule has 0 aliphatic rings. The van der Waals surface area contributed by atoms with Crippen molar-refractivity contribution in [1.29, 1.82) is 0 Å². The van der Waals surface area contributed by atoms with Gasteiger partial charge in [0.05, 0.1) is 19.3 Å². The molecule has 1 unspecified atom stereocenters. The topological polar surface area (TPSA) is 58.6 Å². The molecule has 16 heavy (non-hydrogen) atoms. The molecular formula is C11H14O4S. The van der Waals surface area contributed by atoms with Crippen LogP contribution in [-0.4, -0.2) is 37.1 Å². The molecule has 0 heterocycles. The third-order valence-electron chi connectivity index (χ3n) is 2.01. The van der Waals surface area contributed by atoms with Gasteiger partial charge in [-0.05, 0) is 35.4 Å². The Balaban J connectivity index is 2.67. The number of carbonyl (C=O) groups excluding carboxylic acids is 1. The lowest BCUT2D eigenvalue weighted by Gasteiger charge is -2.09. The third kappa shape index (κ3) is 3.52. The molecule has 0 saturated heterocycles. The Morgan fingerprint density at radius 3 is 2.44 bits per heavy atom. The Morgan fingerprint density at radius 2 is 1.94 bits per heavy atom. The van der Waals surface area contributed by atoms with Crippen LogP contribution in [0.3, 0.4) is 0 Å². The van der Waals surface area contributed by atoms with Crippen LogP contribution in [-0.2, 0) is 20.6 Å². The van der Waals surface area contributed by atoms with Gasteiger partial charge in [0.25, 0.3) is 0 Å². The summed E-state index contributed by atoms with van der Waals surface area (Å²) in [4.78, 5) is 11.8. The first-order chi connectivity index (χ1) is 7.69. The second kappa shape index (κ2) is 6.52. The molecule has 0 N–H and O–H groups in total. The summed E-state index contributed by atoms with van der Waals surface area (Å²) < 4.78 is 21.1. The molecule has 0 aliphatic carbocycles. The lowest BCUT2D eigenvalue weighted by molar-refractivity contribution is 0.0600. The van der Waals surface area contributed by atoms with E-state index in [0.717, 1.165) is 0 Å². The minimum absolute atomic E-state index is 0.394. The molecule has 0 fully saturated rings. The molecule has 0 spiro atoms. The highest BCUT2D eigenvalue weighted by Crippen LogP contribution is 2.13. The zero-order valence-electron chi connectivity index (χ0n) is 9.26. The van der Waals surface area contributed by atoms with E-state index in [0.29, 0.717) is 22.8 Å². The fourth-order valence-electron chi connectivity index (χ4n) is 1.14. The summed E-state index contributed by atoms with van der Waals surface area (Å²) in [5.74, 6) is 0.0582. The number of hydrogen-bond donors (Lipinski definition) is 0. The first-order valence-corrected chi connectivity index (χ1v) is 6.06. The zero-order chi connectivity index (χ0) is 12.0. The number of methoxy groups -OCH3 is 2. The van der Waals surface area contributed by atoms with Gasteiger partial charge in [0.2, 0.25) is 0 Å². The van der Waals surface area contributed by atoms with Crippen LogP contribution >= 0.6 is 0 Å². The summed E-state index contributed by atoms with van der Waals surface area (Å²) in [5.41, 5.74) is 0.454. The highest BCUT2D eigenvalue weighted by molar-refractivity contribution is 7.91. The molecule has 0 aromatic heterocycles. The van der Waals surface area contributed by atoms with Gasteiger partial charge in [0, 0.05) is 7.11 Å². The van der Waals surface area contributed by atoms with Gasteiger partial charge in [-0.3, -0.25) is 0 Å². The SMILES string of the molecule is COCC[S+]([O-])c1ccc(C(=O)OC)cc1. The fourth-order valence-corrected chi connectivity index (χ4v) is 2.13. The van der Waals surface area contributed by atoms with Crippen LogP contribution in [0.1, 0.15) is 10.4 Å². The van der Waals surface area contributed by atoms with Crippen LogP contribution < -0.4 is 0 Å². The summed E-state index contributed by atoms with van der Waals surface area (Å²) in [7, 11) is 2.89. The zero-order valence-corrected chi connectivity index (χ0v) is 10.1. The van der Waals surface area contributed by atoms with Gasteiger partial charge in [-0.25, -0.2) is 4.79 Å². The molecule has 1 atom stereocenters. The van der Waals surface area contributed by atoms with E-state index in [1.165, 1.54) is 7.11 Å². The van der Waals surface area contributed by atoms with Gasteiger partial charge in [-0.2, -0.15) is 0 Å². The maximum Gasteiger partial charge on any atom is 0.337 e. The first-order valence-electron chi connectivity index (χ1n) is 4.74. The van der Waals surface area contributed by atoms with Crippen molar-refractivity contribution in [3.8, 4) is 0 Å². The maximum atomic E-state index is 11.7. The molecule has 0 saturated carbocycles. The number of hydrogen-bond acceptors (Lipinski definition) is 4.